The Bertz CT molecular complexity index is 1120. The first-order chi connectivity index (χ1) is 14.2. The normalized spacial score (nSPS) is 18.1. The van der Waals surface area contributed by atoms with Gasteiger partial charge < -0.3 is 4.42 Å². The van der Waals surface area contributed by atoms with Gasteiger partial charge >= 0.3 is 0 Å². The second-order valence-corrected chi connectivity index (χ2v) is 7.45. The van der Waals surface area contributed by atoms with Gasteiger partial charge in [-0.1, -0.05) is 24.6 Å². The molecule has 146 valence electrons. The Morgan fingerprint density at radius 2 is 1.93 bits per heavy atom. The maximum atomic E-state index is 12.9. The predicted octanol–water partition coefficient (Wildman–Crippen LogP) is 4.60. The van der Waals surface area contributed by atoms with Crippen molar-refractivity contribution in [2.45, 2.75) is 32.6 Å². The van der Waals surface area contributed by atoms with Crippen LogP contribution >= 0.6 is 0 Å². The third-order valence-electron chi connectivity index (χ3n) is 5.34. The molecular formula is C23H22N4O2. The van der Waals surface area contributed by atoms with Crippen LogP contribution in [0, 0.1) is 6.92 Å². The minimum Gasteiger partial charge on any atom is -0.460 e. The number of carbonyl (C=O) groups is 1. The summed E-state index contributed by atoms with van der Waals surface area (Å²) < 4.78 is 7.64. The molecule has 1 fully saturated rings. The molecule has 3 aromatic rings. The lowest BCUT2D eigenvalue weighted by atomic mass is 10.1. The molecule has 0 spiro atoms. The second-order valence-electron chi connectivity index (χ2n) is 7.45. The maximum absolute atomic E-state index is 12.9. The quantitative estimate of drug-likeness (QED) is 0.618. The number of rotatable bonds is 3. The summed E-state index contributed by atoms with van der Waals surface area (Å²) in [5.74, 6) is 2.37. The summed E-state index contributed by atoms with van der Waals surface area (Å²) in [6.45, 7) is 2.66. The van der Waals surface area contributed by atoms with Crippen LogP contribution in [0.25, 0.3) is 23.2 Å². The lowest BCUT2D eigenvalue weighted by Gasteiger charge is -2.13. The van der Waals surface area contributed by atoms with Gasteiger partial charge in [-0.05, 0) is 50.1 Å². The van der Waals surface area contributed by atoms with Gasteiger partial charge in [-0.2, -0.15) is 5.10 Å². The van der Waals surface area contributed by atoms with E-state index in [9.17, 15) is 4.79 Å². The zero-order valence-corrected chi connectivity index (χ0v) is 16.3. The molecule has 0 radical (unpaired) electrons. The van der Waals surface area contributed by atoms with Crippen LogP contribution in [0.4, 0.5) is 0 Å². The first kappa shape index (κ1) is 17.7. The highest BCUT2D eigenvalue weighted by molar-refractivity contribution is 6.14. The minimum atomic E-state index is -0.0177. The molecule has 6 heteroatoms. The van der Waals surface area contributed by atoms with Gasteiger partial charge in [0, 0.05) is 24.7 Å². The van der Waals surface area contributed by atoms with Crippen molar-refractivity contribution in [3.63, 3.8) is 0 Å². The molecule has 0 N–H and O–H groups in total. The summed E-state index contributed by atoms with van der Waals surface area (Å²) in [6, 6.07) is 13.7. The fourth-order valence-electron chi connectivity index (χ4n) is 3.85. The Morgan fingerprint density at radius 3 is 2.72 bits per heavy atom. The smallest absolute Gasteiger partial charge is 0.277 e. The number of para-hydroxylation sites is 1. The van der Waals surface area contributed by atoms with Crippen LogP contribution in [0.3, 0.4) is 0 Å². The lowest BCUT2D eigenvalue weighted by Crippen LogP contribution is -2.31. The van der Waals surface area contributed by atoms with E-state index < -0.39 is 0 Å². The molecule has 0 aliphatic carbocycles. The van der Waals surface area contributed by atoms with Gasteiger partial charge in [-0.3, -0.25) is 9.69 Å². The van der Waals surface area contributed by atoms with Crippen LogP contribution in [0.15, 0.2) is 63.8 Å². The molecule has 2 aliphatic rings. The molecule has 5 rings (SSSR count). The number of aryl methyl sites for hydroxylation is 1. The van der Waals surface area contributed by atoms with Crippen LogP contribution in [0.1, 0.15) is 37.0 Å². The number of aromatic nitrogens is 2. The van der Waals surface area contributed by atoms with Crippen molar-refractivity contribution in [3.8, 4) is 17.1 Å². The number of hydrogen-bond donors (Lipinski definition) is 0. The minimum absolute atomic E-state index is 0.0177. The van der Waals surface area contributed by atoms with E-state index in [0.717, 1.165) is 55.1 Å². The van der Waals surface area contributed by atoms with E-state index in [-0.39, 0.29) is 5.91 Å². The van der Waals surface area contributed by atoms with Gasteiger partial charge in [0.2, 0.25) is 0 Å². The third-order valence-corrected chi connectivity index (χ3v) is 5.34. The fraction of sp³-hybridized carbons (Fsp3) is 0.261. The highest BCUT2D eigenvalue weighted by Gasteiger charge is 2.31. The highest BCUT2D eigenvalue weighted by Crippen LogP contribution is 2.30. The SMILES string of the molecule is Cc1ccc(-c2nn(-c3ccccc3)cc2/C=C2/N=C3CCCCCN3C2=O)o1. The van der Waals surface area contributed by atoms with Gasteiger partial charge in [0.05, 0.1) is 5.69 Å². The van der Waals surface area contributed by atoms with Crippen molar-refractivity contribution in [2.75, 3.05) is 6.54 Å². The second kappa shape index (κ2) is 7.20. The number of carbonyl (C=O) groups excluding carboxylic acids is 1. The number of benzene rings is 1. The number of furan rings is 1. The Kier molecular flexibility index (Phi) is 4.39. The van der Waals surface area contributed by atoms with Crippen LogP contribution in [-0.4, -0.2) is 33.0 Å². The molecule has 0 unspecified atom stereocenters. The van der Waals surface area contributed by atoms with Crippen molar-refractivity contribution in [3.05, 3.63) is 65.7 Å². The molecule has 4 heterocycles. The lowest BCUT2D eigenvalue weighted by molar-refractivity contribution is -0.122. The highest BCUT2D eigenvalue weighted by atomic mass is 16.3. The summed E-state index contributed by atoms with van der Waals surface area (Å²) in [4.78, 5) is 19.4. The Hall–Kier alpha value is -3.41. The fourth-order valence-corrected chi connectivity index (χ4v) is 3.85. The molecule has 1 aromatic carbocycles. The van der Waals surface area contributed by atoms with E-state index >= 15 is 0 Å². The maximum Gasteiger partial charge on any atom is 0.277 e. The Morgan fingerprint density at radius 1 is 1.07 bits per heavy atom. The van der Waals surface area contributed by atoms with Gasteiger partial charge in [-0.25, -0.2) is 9.67 Å². The van der Waals surface area contributed by atoms with Crippen LogP contribution in [-0.2, 0) is 4.79 Å². The standard InChI is InChI=1S/C23H22N4O2/c1-16-11-12-20(29-16)22-17(15-27(25-22)18-8-4-2-5-9-18)14-19-23(28)26-13-7-3-6-10-21(26)24-19/h2,4-5,8-9,11-12,14-15H,3,6-7,10,13H2,1H3/b19-14+. The average Bonchev–Trinajstić information content (AvgIpc) is 3.37. The summed E-state index contributed by atoms with van der Waals surface area (Å²) in [5, 5.41) is 4.74. The van der Waals surface area contributed by atoms with Crippen molar-refractivity contribution in [1.29, 1.82) is 0 Å². The molecular weight excluding hydrogens is 364 g/mol. The summed E-state index contributed by atoms with van der Waals surface area (Å²) in [6.07, 6.45) is 7.88. The molecule has 0 saturated carbocycles. The molecule has 1 amide bonds. The predicted molar refractivity (Wildman–Crippen MR) is 112 cm³/mol. The number of amides is 1. The zero-order valence-electron chi connectivity index (χ0n) is 16.3. The molecule has 29 heavy (non-hydrogen) atoms. The van der Waals surface area contributed by atoms with Crippen molar-refractivity contribution >= 4 is 17.8 Å². The van der Waals surface area contributed by atoms with E-state index in [0.29, 0.717) is 17.2 Å². The number of aliphatic imine (C=N–C) groups is 1. The first-order valence-electron chi connectivity index (χ1n) is 10.0. The number of fused-ring (bicyclic) bond motifs is 1. The molecule has 2 aromatic heterocycles. The van der Waals surface area contributed by atoms with E-state index in [1.54, 1.807) is 0 Å². The molecule has 6 nitrogen and oxygen atoms in total. The van der Waals surface area contributed by atoms with E-state index in [4.69, 9.17) is 9.52 Å². The zero-order chi connectivity index (χ0) is 19.8. The number of hydrogen-bond acceptors (Lipinski definition) is 4. The first-order valence-corrected chi connectivity index (χ1v) is 10.0. The van der Waals surface area contributed by atoms with Gasteiger partial charge in [0.1, 0.15) is 23.0 Å². The third kappa shape index (κ3) is 3.31. The molecule has 0 atom stereocenters. The van der Waals surface area contributed by atoms with E-state index in [2.05, 4.69) is 4.99 Å². The summed E-state index contributed by atoms with van der Waals surface area (Å²) in [7, 11) is 0. The topological polar surface area (TPSA) is 63.6 Å². The summed E-state index contributed by atoms with van der Waals surface area (Å²) >= 11 is 0. The largest absolute Gasteiger partial charge is 0.460 e. The Balaban J connectivity index is 1.59. The van der Waals surface area contributed by atoms with Crippen LogP contribution in [0.2, 0.25) is 0 Å². The van der Waals surface area contributed by atoms with Gasteiger partial charge in [0.25, 0.3) is 5.91 Å². The molecule has 1 saturated heterocycles. The summed E-state index contributed by atoms with van der Waals surface area (Å²) in [5.41, 5.74) is 2.93. The van der Waals surface area contributed by atoms with Crippen molar-refractivity contribution < 1.29 is 9.21 Å². The molecule has 0 bridgehead atoms. The van der Waals surface area contributed by atoms with Gasteiger partial charge in [-0.15, -0.1) is 0 Å². The average molecular weight is 386 g/mol. The van der Waals surface area contributed by atoms with Crippen molar-refractivity contribution in [1.82, 2.24) is 14.7 Å². The van der Waals surface area contributed by atoms with Gasteiger partial charge in [0.15, 0.2) is 5.76 Å². The van der Waals surface area contributed by atoms with E-state index in [1.807, 2.05) is 71.2 Å². The molecule has 2 aliphatic heterocycles. The number of amidine groups is 1. The van der Waals surface area contributed by atoms with E-state index in [1.165, 1.54) is 0 Å². The monoisotopic (exact) mass is 386 g/mol. The van der Waals surface area contributed by atoms with Crippen molar-refractivity contribution in [2.24, 2.45) is 4.99 Å². The number of nitrogens with zero attached hydrogens (tertiary/aromatic N) is 4. The van der Waals surface area contributed by atoms with Crippen LogP contribution in [0.5, 0.6) is 0 Å². The Labute approximate surface area is 169 Å². The van der Waals surface area contributed by atoms with Crippen LogP contribution < -0.4 is 0 Å².